The third-order valence-corrected chi connectivity index (χ3v) is 6.98. The van der Waals surface area contributed by atoms with Gasteiger partial charge in [-0.3, -0.25) is 4.79 Å². The predicted molar refractivity (Wildman–Crippen MR) is 133 cm³/mol. The fraction of sp³-hybridized carbons (Fsp3) is 0.280. The monoisotopic (exact) mass is 492 g/mol. The fourth-order valence-corrected chi connectivity index (χ4v) is 4.71. The van der Waals surface area contributed by atoms with Gasteiger partial charge in [0.05, 0.1) is 22.3 Å². The maximum atomic E-state index is 12.9. The van der Waals surface area contributed by atoms with Crippen LogP contribution in [0.15, 0.2) is 54.7 Å². The van der Waals surface area contributed by atoms with Crippen LogP contribution in [0.3, 0.4) is 0 Å². The highest BCUT2D eigenvalue weighted by molar-refractivity contribution is 6.32. The first-order chi connectivity index (χ1) is 16.6. The third kappa shape index (κ3) is 3.89. The summed E-state index contributed by atoms with van der Waals surface area (Å²) in [5.74, 6) is 2.15. The Morgan fingerprint density at radius 3 is 2.35 bits per heavy atom. The van der Waals surface area contributed by atoms with Gasteiger partial charge in [0.25, 0.3) is 5.91 Å². The van der Waals surface area contributed by atoms with Gasteiger partial charge in [-0.05, 0) is 49.2 Å². The molecule has 0 radical (unpaired) electrons. The van der Waals surface area contributed by atoms with Crippen molar-refractivity contribution in [3.05, 3.63) is 76.2 Å². The zero-order valence-electron chi connectivity index (χ0n) is 18.4. The topological polar surface area (TPSA) is 67.2 Å². The molecule has 1 saturated carbocycles. The minimum Gasteiger partial charge on any atom is -0.352 e. The highest BCUT2D eigenvalue weighted by Crippen LogP contribution is 2.40. The second-order valence-electron chi connectivity index (χ2n) is 8.71. The SMILES string of the molecule is O=C(c1ccc(Cl)cc1)N1CCN(c2nc(C3CC3)nc3c2cnn3-c2ccccc2Cl)CC1. The number of benzene rings is 2. The zero-order chi connectivity index (χ0) is 23.2. The van der Waals surface area contributed by atoms with Crippen LogP contribution in [-0.4, -0.2) is 56.7 Å². The number of nitrogens with zero attached hydrogens (tertiary/aromatic N) is 6. The Hall–Kier alpha value is -3.16. The Labute approximate surface area is 206 Å². The maximum Gasteiger partial charge on any atom is 0.253 e. The van der Waals surface area contributed by atoms with E-state index in [2.05, 4.69) is 10.00 Å². The van der Waals surface area contributed by atoms with Crippen LogP contribution in [0.1, 0.15) is 34.9 Å². The van der Waals surface area contributed by atoms with Crippen molar-refractivity contribution in [1.29, 1.82) is 0 Å². The number of amides is 1. The lowest BCUT2D eigenvalue weighted by molar-refractivity contribution is 0.0746. The van der Waals surface area contributed by atoms with Crippen LogP contribution in [0, 0.1) is 0 Å². The van der Waals surface area contributed by atoms with E-state index in [1.54, 1.807) is 28.9 Å². The lowest BCUT2D eigenvalue weighted by Gasteiger charge is -2.35. The van der Waals surface area contributed by atoms with Gasteiger partial charge in [-0.1, -0.05) is 35.3 Å². The summed E-state index contributed by atoms with van der Waals surface area (Å²) in [7, 11) is 0. The van der Waals surface area contributed by atoms with Crippen molar-refractivity contribution in [3.63, 3.8) is 0 Å². The molecule has 2 aromatic heterocycles. The number of hydrogen-bond donors (Lipinski definition) is 0. The van der Waals surface area contributed by atoms with Crippen molar-refractivity contribution >= 4 is 46.0 Å². The van der Waals surface area contributed by atoms with E-state index in [1.807, 2.05) is 35.4 Å². The van der Waals surface area contributed by atoms with Gasteiger partial charge < -0.3 is 9.80 Å². The molecule has 7 nitrogen and oxygen atoms in total. The van der Waals surface area contributed by atoms with Gasteiger partial charge in [-0.15, -0.1) is 0 Å². The summed E-state index contributed by atoms with van der Waals surface area (Å²) in [6.45, 7) is 2.61. The summed E-state index contributed by atoms with van der Waals surface area (Å²) >= 11 is 12.4. The lowest BCUT2D eigenvalue weighted by Crippen LogP contribution is -2.49. The molecule has 1 saturated heterocycles. The molecule has 9 heteroatoms. The van der Waals surface area contributed by atoms with Gasteiger partial charge >= 0.3 is 0 Å². The molecule has 34 heavy (non-hydrogen) atoms. The van der Waals surface area contributed by atoms with Crippen LogP contribution in [0.5, 0.6) is 0 Å². The normalized spacial score (nSPS) is 16.3. The molecule has 2 aliphatic rings. The Balaban J connectivity index is 1.31. The Morgan fingerprint density at radius 1 is 0.912 bits per heavy atom. The standard InChI is InChI=1S/C25H22Cl2N6O/c26-18-9-7-17(8-10-18)25(34)32-13-11-31(12-14-32)23-19-15-28-33(21-4-2-1-3-20(21)27)24(19)30-22(29-23)16-5-6-16/h1-4,7-10,15-16H,5-6,11-14H2. The van der Waals surface area contributed by atoms with E-state index in [-0.39, 0.29) is 5.91 Å². The average Bonchev–Trinajstić information content (AvgIpc) is 3.64. The van der Waals surface area contributed by atoms with Crippen molar-refractivity contribution < 1.29 is 4.79 Å². The number of para-hydroxylation sites is 1. The zero-order valence-corrected chi connectivity index (χ0v) is 19.9. The molecule has 6 rings (SSSR count). The van der Waals surface area contributed by atoms with E-state index in [1.165, 1.54) is 0 Å². The molecule has 0 N–H and O–H groups in total. The summed E-state index contributed by atoms with van der Waals surface area (Å²) in [5.41, 5.74) is 2.21. The number of carbonyl (C=O) groups is 1. The number of anilines is 1. The molecular weight excluding hydrogens is 471 g/mol. The van der Waals surface area contributed by atoms with Crippen LogP contribution >= 0.6 is 23.2 Å². The quantitative estimate of drug-likeness (QED) is 0.402. The van der Waals surface area contributed by atoms with Crippen molar-refractivity contribution in [3.8, 4) is 5.69 Å². The first kappa shape index (κ1) is 21.4. The molecular formula is C25H22Cl2N6O. The molecule has 2 aromatic carbocycles. The van der Waals surface area contributed by atoms with Crippen LogP contribution in [0.4, 0.5) is 5.82 Å². The van der Waals surface area contributed by atoms with E-state index in [9.17, 15) is 4.79 Å². The lowest BCUT2D eigenvalue weighted by atomic mass is 10.2. The first-order valence-corrected chi connectivity index (χ1v) is 12.1. The Bertz CT molecular complexity index is 1370. The molecule has 0 spiro atoms. The molecule has 0 unspecified atom stereocenters. The van der Waals surface area contributed by atoms with E-state index < -0.39 is 0 Å². The predicted octanol–water partition coefficient (Wildman–Crippen LogP) is 4.96. The third-order valence-electron chi connectivity index (χ3n) is 6.41. The molecule has 0 bridgehead atoms. The highest BCUT2D eigenvalue weighted by atomic mass is 35.5. The number of halogens is 2. The van der Waals surface area contributed by atoms with Gasteiger partial charge in [-0.2, -0.15) is 5.10 Å². The second kappa shape index (κ2) is 8.56. The molecule has 1 aliphatic carbocycles. The first-order valence-electron chi connectivity index (χ1n) is 11.4. The number of piperazine rings is 1. The molecule has 4 aromatic rings. The minimum absolute atomic E-state index is 0.0226. The van der Waals surface area contributed by atoms with E-state index in [4.69, 9.17) is 33.2 Å². The van der Waals surface area contributed by atoms with Crippen molar-refractivity contribution in [2.75, 3.05) is 31.1 Å². The number of aromatic nitrogens is 4. The number of hydrogen-bond acceptors (Lipinski definition) is 5. The van der Waals surface area contributed by atoms with E-state index in [0.717, 1.165) is 41.2 Å². The number of fused-ring (bicyclic) bond motifs is 1. The number of rotatable bonds is 4. The Kier molecular flexibility index (Phi) is 5.38. The van der Waals surface area contributed by atoms with Gasteiger partial charge in [0.1, 0.15) is 11.6 Å². The van der Waals surface area contributed by atoms with Crippen molar-refractivity contribution in [2.45, 2.75) is 18.8 Å². The molecule has 0 atom stereocenters. The van der Waals surface area contributed by atoms with Gasteiger partial charge in [-0.25, -0.2) is 14.6 Å². The summed E-state index contributed by atoms with van der Waals surface area (Å²) in [6.07, 6.45) is 4.03. The Morgan fingerprint density at radius 2 is 1.65 bits per heavy atom. The highest BCUT2D eigenvalue weighted by Gasteiger charge is 2.31. The molecule has 1 aliphatic heterocycles. The average molecular weight is 493 g/mol. The van der Waals surface area contributed by atoms with E-state index >= 15 is 0 Å². The molecule has 3 heterocycles. The van der Waals surface area contributed by atoms with Gasteiger partial charge in [0.2, 0.25) is 0 Å². The second-order valence-corrected chi connectivity index (χ2v) is 9.55. The minimum atomic E-state index is 0.0226. The largest absolute Gasteiger partial charge is 0.352 e. The number of carbonyl (C=O) groups excluding carboxylic acids is 1. The fourth-order valence-electron chi connectivity index (χ4n) is 4.37. The van der Waals surface area contributed by atoms with Gasteiger partial charge in [0.15, 0.2) is 5.65 Å². The van der Waals surface area contributed by atoms with Crippen LogP contribution in [0.2, 0.25) is 10.0 Å². The molecule has 1 amide bonds. The van der Waals surface area contributed by atoms with Gasteiger partial charge in [0, 0.05) is 42.7 Å². The maximum absolute atomic E-state index is 12.9. The van der Waals surface area contributed by atoms with Crippen molar-refractivity contribution in [1.82, 2.24) is 24.6 Å². The van der Waals surface area contributed by atoms with Crippen LogP contribution < -0.4 is 4.90 Å². The summed E-state index contributed by atoms with van der Waals surface area (Å²) in [5, 5.41) is 6.75. The van der Waals surface area contributed by atoms with E-state index in [0.29, 0.717) is 47.7 Å². The molecule has 172 valence electrons. The summed E-state index contributed by atoms with van der Waals surface area (Å²) in [6, 6.07) is 14.7. The summed E-state index contributed by atoms with van der Waals surface area (Å²) in [4.78, 5) is 26.9. The van der Waals surface area contributed by atoms with Crippen molar-refractivity contribution in [2.24, 2.45) is 0 Å². The summed E-state index contributed by atoms with van der Waals surface area (Å²) < 4.78 is 1.80. The smallest absolute Gasteiger partial charge is 0.253 e. The molecule has 2 fully saturated rings. The van der Waals surface area contributed by atoms with Crippen LogP contribution in [-0.2, 0) is 0 Å². The van der Waals surface area contributed by atoms with Crippen LogP contribution in [0.25, 0.3) is 16.7 Å².